The van der Waals surface area contributed by atoms with E-state index in [0.29, 0.717) is 0 Å². The van der Waals surface area contributed by atoms with Crippen LogP contribution >= 0.6 is 0 Å². The van der Waals surface area contributed by atoms with Gasteiger partial charge in [0.15, 0.2) is 0 Å². The molecule has 0 saturated heterocycles. The molecule has 0 fully saturated rings. The molecule has 0 heterocycles. The molecule has 10 heavy (non-hydrogen) atoms. The largest absolute Gasteiger partial charge is 0.410 e. The molecule has 0 bridgehead atoms. The zero-order valence-electron chi connectivity index (χ0n) is 4.68. The van der Waals surface area contributed by atoms with Crippen LogP contribution in [0.2, 0.25) is 0 Å². The van der Waals surface area contributed by atoms with Crippen molar-refractivity contribution in [2.24, 2.45) is 10.3 Å². The average molecular weight is 138 g/mol. The van der Waals surface area contributed by atoms with E-state index in [1.807, 2.05) is 0 Å². The van der Waals surface area contributed by atoms with Crippen LogP contribution in [0.3, 0.4) is 0 Å². The van der Waals surface area contributed by atoms with Crippen LogP contribution in [0.4, 0.5) is 0 Å². The number of nitriles is 2. The van der Waals surface area contributed by atoms with Gasteiger partial charge < -0.3 is 10.4 Å². The van der Waals surface area contributed by atoms with E-state index in [0.717, 1.165) is 0 Å². The maximum absolute atomic E-state index is 8.07. The minimum Gasteiger partial charge on any atom is -0.410 e. The fourth-order valence-electron chi connectivity index (χ4n) is 0.245. The van der Waals surface area contributed by atoms with Gasteiger partial charge in [0.25, 0.3) is 0 Å². The van der Waals surface area contributed by atoms with Crippen molar-refractivity contribution < 1.29 is 10.4 Å². The van der Waals surface area contributed by atoms with Crippen LogP contribution in [0.25, 0.3) is 0 Å². The Morgan fingerprint density at radius 3 is 1.40 bits per heavy atom. The molecule has 6 nitrogen and oxygen atoms in total. The molecular formula is C4H2N4O2. The number of oxime groups is 2. The monoisotopic (exact) mass is 138 g/mol. The summed E-state index contributed by atoms with van der Waals surface area (Å²) in [4.78, 5) is 0. The van der Waals surface area contributed by atoms with Crippen molar-refractivity contribution >= 4 is 11.4 Å². The summed E-state index contributed by atoms with van der Waals surface area (Å²) < 4.78 is 0. The van der Waals surface area contributed by atoms with E-state index >= 15 is 0 Å². The molecule has 6 heteroatoms. The predicted octanol–water partition coefficient (Wildman–Crippen LogP) is -0.306. The molecule has 0 aliphatic carbocycles. The Morgan fingerprint density at radius 1 is 1.00 bits per heavy atom. The summed E-state index contributed by atoms with van der Waals surface area (Å²) in [7, 11) is 0. The first-order valence-corrected chi connectivity index (χ1v) is 2.04. The molecule has 0 rings (SSSR count). The minimum absolute atomic E-state index is 0.620. The molecule has 0 unspecified atom stereocenters. The number of hydrogen-bond acceptors (Lipinski definition) is 6. The Hall–Kier alpha value is -2.08. The second-order valence-corrected chi connectivity index (χ2v) is 1.12. The van der Waals surface area contributed by atoms with Crippen molar-refractivity contribution in [3.05, 3.63) is 0 Å². The SMILES string of the molecule is N#CC(=N\O)/C(C#N)=N\O. The molecule has 0 aromatic rings. The molecule has 0 aliphatic heterocycles. The van der Waals surface area contributed by atoms with Gasteiger partial charge in [-0.1, -0.05) is 10.3 Å². The first-order chi connectivity index (χ1) is 4.79. The van der Waals surface area contributed by atoms with E-state index in [-0.39, 0.29) is 0 Å². The Kier molecular flexibility index (Phi) is 3.06. The van der Waals surface area contributed by atoms with Crippen LogP contribution in [0.1, 0.15) is 0 Å². The maximum atomic E-state index is 8.07. The summed E-state index contributed by atoms with van der Waals surface area (Å²) >= 11 is 0. The van der Waals surface area contributed by atoms with Crippen LogP contribution < -0.4 is 0 Å². The van der Waals surface area contributed by atoms with E-state index in [1.54, 1.807) is 0 Å². The fraction of sp³-hybridized carbons (Fsp3) is 0. The van der Waals surface area contributed by atoms with Crippen molar-refractivity contribution in [3.63, 3.8) is 0 Å². The Balaban J connectivity index is 4.70. The van der Waals surface area contributed by atoms with Crippen LogP contribution in [0.15, 0.2) is 10.3 Å². The minimum atomic E-state index is -0.620. The van der Waals surface area contributed by atoms with Crippen LogP contribution in [0, 0.1) is 22.7 Å². The maximum Gasteiger partial charge on any atom is 0.219 e. The Morgan fingerprint density at radius 2 is 1.30 bits per heavy atom. The standard InChI is InChI=1S/C4H2N4O2/c5-1-3(7-9)4(2-6)8-10/h9-10H/b7-3-,8-4+. The molecule has 0 atom stereocenters. The fourth-order valence-corrected chi connectivity index (χ4v) is 0.245. The van der Waals surface area contributed by atoms with Gasteiger partial charge in [-0.3, -0.25) is 0 Å². The Labute approximate surface area is 55.9 Å². The third kappa shape index (κ3) is 1.46. The number of rotatable bonds is 1. The summed E-state index contributed by atoms with van der Waals surface area (Å²) in [6.07, 6.45) is 0. The van der Waals surface area contributed by atoms with Crippen LogP contribution in [-0.2, 0) is 0 Å². The van der Waals surface area contributed by atoms with Gasteiger partial charge >= 0.3 is 0 Å². The van der Waals surface area contributed by atoms with Crippen molar-refractivity contribution in [1.82, 2.24) is 0 Å². The van der Waals surface area contributed by atoms with Crippen molar-refractivity contribution in [3.8, 4) is 12.1 Å². The smallest absolute Gasteiger partial charge is 0.219 e. The molecule has 2 N–H and O–H groups in total. The van der Waals surface area contributed by atoms with E-state index in [4.69, 9.17) is 20.9 Å². The van der Waals surface area contributed by atoms with Crippen molar-refractivity contribution in [2.45, 2.75) is 0 Å². The molecular weight excluding hydrogens is 136 g/mol. The molecule has 0 aliphatic rings. The summed E-state index contributed by atoms with van der Waals surface area (Å²) in [5.74, 6) is 0. The average Bonchev–Trinajstić information content (AvgIpc) is 2.00. The zero-order chi connectivity index (χ0) is 7.98. The number of hydrogen-bond donors (Lipinski definition) is 2. The zero-order valence-corrected chi connectivity index (χ0v) is 4.68. The van der Waals surface area contributed by atoms with Gasteiger partial charge in [0.1, 0.15) is 12.1 Å². The predicted molar refractivity (Wildman–Crippen MR) is 29.7 cm³/mol. The van der Waals surface area contributed by atoms with Crippen LogP contribution in [-0.4, -0.2) is 21.8 Å². The molecule has 0 radical (unpaired) electrons. The first kappa shape index (κ1) is 7.92. The van der Waals surface area contributed by atoms with Crippen molar-refractivity contribution in [1.29, 1.82) is 10.5 Å². The third-order valence-corrected chi connectivity index (χ3v) is 0.636. The molecule has 0 spiro atoms. The molecule has 0 aromatic carbocycles. The highest BCUT2D eigenvalue weighted by Crippen LogP contribution is 1.80. The third-order valence-electron chi connectivity index (χ3n) is 0.636. The van der Waals surface area contributed by atoms with Gasteiger partial charge in [-0.05, 0) is 0 Å². The quantitative estimate of drug-likeness (QED) is 0.294. The highest BCUT2D eigenvalue weighted by molar-refractivity contribution is 6.53. The molecule has 0 saturated carbocycles. The summed E-state index contributed by atoms with van der Waals surface area (Å²) in [5.41, 5.74) is -1.24. The van der Waals surface area contributed by atoms with Gasteiger partial charge in [0.2, 0.25) is 11.4 Å². The van der Waals surface area contributed by atoms with Crippen molar-refractivity contribution in [2.75, 3.05) is 0 Å². The normalized spacial score (nSPS) is 11.8. The van der Waals surface area contributed by atoms with Crippen LogP contribution in [0.5, 0.6) is 0 Å². The lowest BCUT2D eigenvalue weighted by molar-refractivity contribution is 0.315. The summed E-state index contributed by atoms with van der Waals surface area (Å²) in [5, 5.41) is 36.9. The second-order valence-electron chi connectivity index (χ2n) is 1.12. The molecule has 50 valence electrons. The lowest BCUT2D eigenvalue weighted by Gasteiger charge is -1.83. The Bertz CT molecular complexity index is 225. The lowest BCUT2D eigenvalue weighted by Crippen LogP contribution is -2.09. The second kappa shape index (κ2) is 3.87. The van der Waals surface area contributed by atoms with Gasteiger partial charge in [-0.25, -0.2) is 0 Å². The topological polar surface area (TPSA) is 113 Å². The summed E-state index contributed by atoms with van der Waals surface area (Å²) in [6.45, 7) is 0. The van der Waals surface area contributed by atoms with Gasteiger partial charge in [0.05, 0.1) is 0 Å². The van der Waals surface area contributed by atoms with E-state index in [2.05, 4.69) is 10.3 Å². The highest BCUT2D eigenvalue weighted by Gasteiger charge is 2.07. The van der Waals surface area contributed by atoms with Gasteiger partial charge in [0, 0.05) is 0 Å². The van der Waals surface area contributed by atoms with Gasteiger partial charge in [-0.2, -0.15) is 10.5 Å². The van der Waals surface area contributed by atoms with E-state index < -0.39 is 11.4 Å². The highest BCUT2D eigenvalue weighted by atomic mass is 16.4. The first-order valence-electron chi connectivity index (χ1n) is 2.04. The lowest BCUT2D eigenvalue weighted by atomic mass is 10.3. The van der Waals surface area contributed by atoms with E-state index in [9.17, 15) is 0 Å². The summed E-state index contributed by atoms with van der Waals surface area (Å²) in [6, 6.07) is 2.68. The molecule has 0 aromatic heterocycles. The van der Waals surface area contributed by atoms with Gasteiger partial charge in [-0.15, -0.1) is 0 Å². The molecule has 0 amide bonds. The van der Waals surface area contributed by atoms with E-state index in [1.165, 1.54) is 12.1 Å². The number of nitrogens with zero attached hydrogens (tertiary/aromatic N) is 4.